The van der Waals surface area contributed by atoms with Crippen LogP contribution < -0.4 is 4.90 Å². The fraction of sp³-hybridized carbons (Fsp3) is 0.571. The van der Waals surface area contributed by atoms with Crippen LogP contribution in [0, 0.1) is 5.92 Å². The summed E-state index contributed by atoms with van der Waals surface area (Å²) in [4.78, 5) is 1.93. The summed E-state index contributed by atoms with van der Waals surface area (Å²) >= 11 is 0. The van der Waals surface area contributed by atoms with Crippen molar-refractivity contribution in [1.82, 2.24) is 0 Å². The molecule has 2 nitrogen and oxygen atoms in total. The van der Waals surface area contributed by atoms with Gasteiger partial charge in [-0.3, -0.25) is 0 Å². The molecule has 1 aliphatic heterocycles. The number of hydrogen-bond donors (Lipinski definition) is 1. The van der Waals surface area contributed by atoms with Gasteiger partial charge in [0.25, 0.3) is 0 Å². The zero-order valence-electron chi connectivity index (χ0n) is 10.8. The van der Waals surface area contributed by atoms with Crippen molar-refractivity contribution in [3.8, 4) is 0 Å². The lowest BCUT2D eigenvalue weighted by molar-refractivity contribution is -0.179. The van der Waals surface area contributed by atoms with Gasteiger partial charge in [-0.2, -0.15) is 13.2 Å². The summed E-state index contributed by atoms with van der Waals surface area (Å²) in [6, 6.07) is 7.34. The molecule has 19 heavy (non-hydrogen) atoms. The number of piperidine rings is 1. The Kier molecular flexibility index (Phi) is 4.04. The monoisotopic (exact) mass is 273 g/mol. The van der Waals surface area contributed by atoms with E-state index in [0.29, 0.717) is 13.1 Å². The topological polar surface area (TPSA) is 23.5 Å². The van der Waals surface area contributed by atoms with Crippen LogP contribution >= 0.6 is 0 Å². The van der Waals surface area contributed by atoms with Crippen LogP contribution in [-0.2, 0) is 0 Å². The van der Waals surface area contributed by atoms with Gasteiger partial charge in [0.05, 0.1) is 12.0 Å². The molecule has 0 bridgehead atoms. The van der Waals surface area contributed by atoms with E-state index in [9.17, 15) is 18.3 Å². The summed E-state index contributed by atoms with van der Waals surface area (Å²) in [5.41, 5.74) is 1.62. The smallest absolute Gasteiger partial charge is 0.389 e. The van der Waals surface area contributed by atoms with Crippen LogP contribution in [-0.4, -0.2) is 24.4 Å². The van der Waals surface area contributed by atoms with Crippen LogP contribution in [0.5, 0.6) is 0 Å². The fourth-order valence-corrected chi connectivity index (χ4v) is 2.58. The molecule has 106 valence electrons. The molecule has 1 heterocycles. The molecular formula is C14H18F3NO. The minimum absolute atomic E-state index is 0.123. The highest BCUT2D eigenvalue weighted by Gasteiger charge is 2.41. The molecule has 0 aliphatic carbocycles. The Labute approximate surface area is 110 Å². The van der Waals surface area contributed by atoms with E-state index in [1.54, 1.807) is 6.92 Å². The normalized spacial score (nSPS) is 19.5. The van der Waals surface area contributed by atoms with Crippen LogP contribution in [0.3, 0.4) is 0 Å². The van der Waals surface area contributed by atoms with E-state index in [4.69, 9.17) is 0 Å². The molecule has 5 heteroatoms. The minimum atomic E-state index is -4.09. The van der Waals surface area contributed by atoms with Gasteiger partial charge in [0.2, 0.25) is 0 Å². The number of benzene rings is 1. The Morgan fingerprint density at radius 3 is 2.32 bits per heavy atom. The van der Waals surface area contributed by atoms with E-state index in [-0.39, 0.29) is 12.8 Å². The van der Waals surface area contributed by atoms with Crippen LogP contribution in [0.1, 0.15) is 31.4 Å². The quantitative estimate of drug-likeness (QED) is 0.891. The molecule has 1 aromatic rings. The van der Waals surface area contributed by atoms with Crippen LogP contribution in [0.15, 0.2) is 24.3 Å². The van der Waals surface area contributed by atoms with Gasteiger partial charge in [-0.15, -0.1) is 0 Å². The molecule has 1 atom stereocenters. The Morgan fingerprint density at radius 2 is 1.79 bits per heavy atom. The molecule has 2 rings (SSSR count). The third-order valence-electron chi connectivity index (χ3n) is 3.69. The number of hydrogen-bond acceptors (Lipinski definition) is 2. The lowest BCUT2D eigenvalue weighted by Crippen LogP contribution is -2.39. The number of rotatable bonds is 2. The third kappa shape index (κ3) is 3.21. The second-order valence-corrected chi connectivity index (χ2v) is 5.04. The van der Waals surface area contributed by atoms with Gasteiger partial charge < -0.3 is 10.0 Å². The van der Waals surface area contributed by atoms with E-state index in [1.807, 2.05) is 29.2 Å². The van der Waals surface area contributed by atoms with Gasteiger partial charge in [-0.1, -0.05) is 18.2 Å². The summed E-state index contributed by atoms with van der Waals surface area (Å²) < 4.78 is 37.9. The summed E-state index contributed by atoms with van der Waals surface area (Å²) in [5.74, 6) is -1.19. The molecule has 1 fully saturated rings. The predicted octanol–water partition coefficient (Wildman–Crippen LogP) is 3.52. The average molecular weight is 273 g/mol. The van der Waals surface area contributed by atoms with Crippen molar-refractivity contribution in [3.63, 3.8) is 0 Å². The number of aliphatic hydroxyl groups excluding tert-OH is 1. The molecule has 1 aromatic carbocycles. The number of anilines is 1. The molecule has 0 aromatic heterocycles. The van der Waals surface area contributed by atoms with E-state index in [2.05, 4.69) is 0 Å². The maximum absolute atomic E-state index is 12.6. The molecule has 0 spiro atoms. The van der Waals surface area contributed by atoms with Gasteiger partial charge >= 0.3 is 6.18 Å². The highest BCUT2D eigenvalue weighted by Crippen LogP contribution is 2.36. The third-order valence-corrected chi connectivity index (χ3v) is 3.69. The largest absolute Gasteiger partial charge is 0.391 e. The summed E-state index contributed by atoms with van der Waals surface area (Å²) in [5, 5.41) is 9.71. The summed E-state index contributed by atoms with van der Waals surface area (Å²) in [6.45, 7) is 2.43. The molecule has 0 saturated carbocycles. The molecular weight excluding hydrogens is 255 g/mol. The van der Waals surface area contributed by atoms with Crippen molar-refractivity contribution in [1.29, 1.82) is 0 Å². The number of halogens is 3. The average Bonchev–Trinajstić information content (AvgIpc) is 2.38. The van der Waals surface area contributed by atoms with Crippen molar-refractivity contribution in [2.45, 2.75) is 32.0 Å². The Balaban J connectivity index is 2.10. The van der Waals surface area contributed by atoms with Crippen molar-refractivity contribution < 1.29 is 18.3 Å². The van der Waals surface area contributed by atoms with E-state index in [1.165, 1.54) is 0 Å². The lowest BCUT2D eigenvalue weighted by atomic mass is 9.95. The van der Waals surface area contributed by atoms with Crippen LogP contribution in [0.25, 0.3) is 0 Å². The van der Waals surface area contributed by atoms with Gasteiger partial charge in [-0.25, -0.2) is 0 Å². The standard InChI is InChI=1S/C14H18F3NO/c1-10(19)12-4-2-3-5-13(12)18-8-6-11(7-9-18)14(15,16)17/h2-5,10-11,19H,6-9H2,1H3/t10-/m1/s1. The van der Waals surface area contributed by atoms with E-state index >= 15 is 0 Å². The predicted molar refractivity (Wildman–Crippen MR) is 68.1 cm³/mol. The van der Waals surface area contributed by atoms with Crippen LogP contribution in [0.2, 0.25) is 0 Å². The first-order chi connectivity index (χ1) is 8.89. The van der Waals surface area contributed by atoms with Gasteiger partial charge in [0, 0.05) is 24.3 Å². The molecule has 0 radical (unpaired) electrons. The van der Waals surface area contributed by atoms with Gasteiger partial charge in [-0.05, 0) is 25.8 Å². The molecule has 1 N–H and O–H groups in total. The molecule has 1 aliphatic rings. The highest BCUT2D eigenvalue weighted by atomic mass is 19.4. The molecule has 1 saturated heterocycles. The SMILES string of the molecule is C[C@@H](O)c1ccccc1N1CCC(C(F)(F)F)CC1. The Hall–Kier alpha value is -1.23. The highest BCUT2D eigenvalue weighted by molar-refractivity contribution is 5.54. The maximum Gasteiger partial charge on any atom is 0.391 e. The first-order valence-electron chi connectivity index (χ1n) is 6.48. The molecule has 0 amide bonds. The lowest BCUT2D eigenvalue weighted by Gasteiger charge is -2.35. The van der Waals surface area contributed by atoms with Crippen LogP contribution in [0.4, 0.5) is 18.9 Å². The summed E-state index contributed by atoms with van der Waals surface area (Å²) in [7, 11) is 0. The van der Waals surface area contributed by atoms with Crippen molar-refractivity contribution in [2.75, 3.05) is 18.0 Å². The maximum atomic E-state index is 12.6. The number of para-hydroxylation sites is 1. The second kappa shape index (κ2) is 5.41. The van der Waals surface area contributed by atoms with Crippen molar-refractivity contribution >= 4 is 5.69 Å². The Morgan fingerprint density at radius 1 is 1.21 bits per heavy atom. The zero-order chi connectivity index (χ0) is 14.0. The zero-order valence-corrected chi connectivity index (χ0v) is 10.8. The van der Waals surface area contributed by atoms with Crippen molar-refractivity contribution in [2.24, 2.45) is 5.92 Å². The summed E-state index contributed by atoms with van der Waals surface area (Å²) in [6.07, 6.45) is -4.46. The molecule has 0 unspecified atom stereocenters. The van der Waals surface area contributed by atoms with E-state index in [0.717, 1.165) is 11.3 Å². The second-order valence-electron chi connectivity index (χ2n) is 5.04. The van der Waals surface area contributed by atoms with Crippen molar-refractivity contribution in [3.05, 3.63) is 29.8 Å². The number of aliphatic hydroxyl groups is 1. The number of nitrogens with zero attached hydrogens (tertiary/aromatic N) is 1. The van der Waals surface area contributed by atoms with E-state index < -0.39 is 18.2 Å². The first kappa shape index (κ1) is 14.2. The Bertz CT molecular complexity index is 423. The number of alkyl halides is 3. The fourth-order valence-electron chi connectivity index (χ4n) is 2.58. The van der Waals surface area contributed by atoms with Gasteiger partial charge in [0.1, 0.15) is 0 Å². The van der Waals surface area contributed by atoms with Gasteiger partial charge in [0.15, 0.2) is 0 Å². The minimum Gasteiger partial charge on any atom is -0.389 e. The first-order valence-corrected chi connectivity index (χ1v) is 6.48.